The molecule has 3 fully saturated rings. The van der Waals surface area contributed by atoms with Crippen molar-refractivity contribution >= 4 is 11.9 Å². The molecule has 1 amide bonds. The molecule has 0 aromatic carbocycles. The predicted molar refractivity (Wildman–Crippen MR) is 79.8 cm³/mol. The lowest BCUT2D eigenvalue weighted by molar-refractivity contribution is -0.149. The van der Waals surface area contributed by atoms with Crippen molar-refractivity contribution in [2.45, 2.75) is 83.2 Å². The maximum Gasteiger partial charge on any atom is 0.303 e. The van der Waals surface area contributed by atoms with Crippen LogP contribution in [0.1, 0.15) is 71.1 Å². The smallest absolute Gasteiger partial charge is 0.303 e. The second-order valence-corrected chi connectivity index (χ2v) is 7.65. The van der Waals surface area contributed by atoms with E-state index in [1.165, 1.54) is 19.3 Å². The Labute approximate surface area is 126 Å². The first-order chi connectivity index (χ1) is 9.99. The van der Waals surface area contributed by atoms with E-state index in [0.717, 1.165) is 38.5 Å². The third-order valence-corrected chi connectivity index (χ3v) is 6.00. The highest BCUT2D eigenvalue weighted by molar-refractivity contribution is 5.83. The lowest BCUT2D eigenvalue weighted by Crippen LogP contribution is -2.52. The van der Waals surface area contributed by atoms with Gasteiger partial charge in [-0.3, -0.25) is 9.59 Å². The number of fused-ring (bicyclic) bond motifs is 2. The van der Waals surface area contributed by atoms with E-state index in [1.807, 2.05) is 0 Å². The van der Waals surface area contributed by atoms with Crippen LogP contribution in [-0.2, 0) is 9.59 Å². The number of piperidine rings is 1. The molecule has 2 bridgehead atoms. The number of nitrogens with zero attached hydrogens (tertiary/aromatic N) is 1. The molecule has 2 atom stereocenters. The highest BCUT2D eigenvalue weighted by atomic mass is 16.4. The van der Waals surface area contributed by atoms with Gasteiger partial charge in [-0.2, -0.15) is 0 Å². The molecule has 0 spiro atoms. The van der Waals surface area contributed by atoms with Gasteiger partial charge in [0.15, 0.2) is 0 Å². The van der Waals surface area contributed by atoms with E-state index in [9.17, 15) is 9.59 Å². The number of aliphatic carboxylic acids is 1. The summed E-state index contributed by atoms with van der Waals surface area (Å²) in [5, 5.41) is 9.00. The Morgan fingerprint density at radius 1 is 1.10 bits per heavy atom. The van der Waals surface area contributed by atoms with Crippen molar-refractivity contribution in [2.24, 2.45) is 11.3 Å². The molecule has 1 N–H and O–H groups in total. The molecule has 2 unspecified atom stereocenters. The number of carboxylic acid groups (broad SMARTS) is 1. The van der Waals surface area contributed by atoms with Crippen LogP contribution in [0.15, 0.2) is 0 Å². The van der Waals surface area contributed by atoms with Gasteiger partial charge in [-0.15, -0.1) is 0 Å². The first-order valence-corrected chi connectivity index (χ1v) is 8.54. The van der Waals surface area contributed by atoms with Crippen molar-refractivity contribution in [3.05, 3.63) is 0 Å². The minimum Gasteiger partial charge on any atom is -0.481 e. The summed E-state index contributed by atoms with van der Waals surface area (Å²) < 4.78 is 0. The molecule has 2 saturated heterocycles. The number of hydrogen-bond acceptors (Lipinski definition) is 2. The lowest BCUT2D eigenvalue weighted by Gasteiger charge is -2.44. The van der Waals surface area contributed by atoms with Gasteiger partial charge in [0.2, 0.25) is 5.91 Å². The maximum absolute atomic E-state index is 13.1. The van der Waals surface area contributed by atoms with Crippen LogP contribution in [-0.4, -0.2) is 34.0 Å². The first kappa shape index (κ1) is 14.9. The Morgan fingerprint density at radius 2 is 1.67 bits per heavy atom. The van der Waals surface area contributed by atoms with Crippen molar-refractivity contribution in [2.75, 3.05) is 0 Å². The second-order valence-electron chi connectivity index (χ2n) is 7.65. The van der Waals surface area contributed by atoms with Crippen molar-refractivity contribution < 1.29 is 14.7 Å². The molecule has 0 aromatic heterocycles. The van der Waals surface area contributed by atoms with Crippen molar-refractivity contribution in [1.29, 1.82) is 0 Å². The van der Waals surface area contributed by atoms with E-state index in [2.05, 4.69) is 11.8 Å². The minimum absolute atomic E-state index is 0.154. The topological polar surface area (TPSA) is 57.6 Å². The Kier molecular flexibility index (Phi) is 3.98. The first-order valence-electron chi connectivity index (χ1n) is 8.54. The molecule has 2 heterocycles. The number of rotatable bonds is 3. The summed E-state index contributed by atoms with van der Waals surface area (Å²) in [6.45, 7) is 2.15. The van der Waals surface area contributed by atoms with E-state index in [4.69, 9.17) is 5.11 Å². The number of hydrogen-bond donors (Lipinski definition) is 1. The molecule has 2 aliphatic heterocycles. The highest BCUT2D eigenvalue weighted by Crippen LogP contribution is 2.45. The van der Waals surface area contributed by atoms with Gasteiger partial charge in [0.05, 0.1) is 0 Å². The van der Waals surface area contributed by atoms with Gasteiger partial charge in [0, 0.05) is 23.9 Å². The maximum atomic E-state index is 13.1. The van der Waals surface area contributed by atoms with Crippen LogP contribution >= 0.6 is 0 Å². The number of carbonyl (C=O) groups is 2. The van der Waals surface area contributed by atoms with Crippen molar-refractivity contribution in [3.63, 3.8) is 0 Å². The van der Waals surface area contributed by atoms with Crippen LogP contribution in [0.4, 0.5) is 0 Å². The summed E-state index contributed by atoms with van der Waals surface area (Å²) in [5.41, 5.74) is -0.154. The molecule has 4 heteroatoms. The van der Waals surface area contributed by atoms with E-state index >= 15 is 0 Å². The Balaban J connectivity index is 1.70. The summed E-state index contributed by atoms with van der Waals surface area (Å²) in [6, 6.07) is 0.610. The Bertz CT molecular complexity index is 414. The van der Waals surface area contributed by atoms with Crippen LogP contribution in [0.2, 0.25) is 0 Å². The molecule has 0 radical (unpaired) electrons. The molecule has 0 aromatic rings. The third kappa shape index (κ3) is 2.82. The molecule has 4 nitrogen and oxygen atoms in total. The number of amides is 1. The summed E-state index contributed by atoms with van der Waals surface area (Å²) >= 11 is 0. The number of carbonyl (C=O) groups excluding carboxylic acids is 1. The fourth-order valence-corrected chi connectivity index (χ4v) is 4.89. The Hall–Kier alpha value is -1.06. The standard InChI is InChI=1S/C17H27NO3/c1-17(7-3-2-4-8-17)16(21)18-13-5-6-14(18)10-12(9-13)11-15(19)20/h12-14H,2-11H2,1H3,(H,19,20). The summed E-state index contributed by atoms with van der Waals surface area (Å²) in [5.74, 6) is -0.0647. The zero-order chi connectivity index (χ0) is 15.0. The van der Waals surface area contributed by atoms with Gasteiger partial charge in [-0.05, 0) is 44.4 Å². The zero-order valence-corrected chi connectivity index (χ0v) is 13.0. The van der Waals surface area contributed by atoms with Crippen molar-refractivity contribution in [3.8, 4) is 0 Å². The van der Waals surface area contributed by atoms with Crippen LogP contribution < -0.4 is 0 Å². The zero-order valence-electron chi connectivity index (χ0n) is 13.0. The van der Waals surface area contributed by atoms with E-state index in [1.54, 1.807) is 0 Å². The van der Waals surface area contributed by atoms with E-state index in [-0.39, 0.29) is 17.8 Å². The summed E-state index contributed by atoms with van der Waals surface area (Å²) in [7, 11) is 0. The molecule has 1 aliphatic carbocycles. The fraction of sp³-hybridized carbons (Fsp3) is 0.882. The Morgan fingerprint density at radius 3 is 2.19 bits per heavy atom. The molecule has 21 heavy (non-hydrogen) atoms. The molecule has 1 saturated carbocycles. The van der Waals surface area contributed by atoms with Gasteiger partial charge in [0.25, 0.3) is 0 Å². The fourth-order valence-electron chi connectivity index (χ4n) is 4.89. The third-order valence-electron chi connectivity index (χ3n) is 6.00. The van der Waals surface area contributed by atoms with Crippen LogP contribution in [0, 0.1) is 11.3 Å². The normalized spacial score (nSPS) is 34.7. The van der Waals surface area contributed by atoms with Gasteiger partial charge in [-0.1, -0.05) is 26.2 Å². The summed E-state index contributed by atoms with van der Waals surface area (Å²) in [4.78, 5) is 26.2. The van der Waals surface area contributed by atoms with Gasteiger partial charge >= 0.3 is 5.97 Å². The molecular weight excluding hydrogens is 266 g/mol. The quantitative estimate of drug-likeness (QED) is 0.869. The van der Waals surface area contributed by atoms with Gasteiger partial charge < -0.3 is 10.0 Å². The average molecular weight is 293 g/mol. The van der Waals surface area contributed by atoms with Crippen LogP contribution in [0.5, 0.6) is 0 Å². The van der Waals surface area contributed by atoms with E-state index < -0.39 is 5.97 Å². The summed E-state index contributed by atoms with van der Waals surface area (Å²) in [6.07, 6.45) is 9.87. The van der Waals surface area contributed by atoms with Crippen LogP contribution in [0.25, 0.3) is 0 Å². The predicted octanol–water partition coefficient (Wildman–Crippen LogP) is 3.20. The molecule has 118 valence electrons. The largest absolute Gasteiger partial charge is 0.481 e. The van der Waals surface area contributed by atoms with E-state index in [0.29, 0.717) is 18.0 Å². The van der Waals surface area contributed by atoms with Crippen molar-refractivity contribution in [1.82, 2.24) is 4.90 Å². The molecule has 3 rings (SSSR count). The molecule has 3 aliphatic rings. The van der Waals surface area contributed by atoms with Gasteiger partial charge in [0.1, 0.15) is 0 Å². The average Bonchev–Trinajstić information content (AvgIpc) is 2.69. The van der Waals surface area contributed by atoms with Gasteiger partial charge in [-0.25, -0.2) is 0 Å². The minimum atomic E-state index is -0.696. The monoisotopic (exact) mass is 293 g/mol. The number of carboxylic acids is 1. The van der Waals surface area contributed by atoms with Crippen LogP contribution in [0.3, 0.4) is 0 Å². The highest BCUT2D eigenvalue weighted by Gasteiger charge is 2.48. The second kappa shape index (κ2) is 5.62. The lowest BCUT2D eigenvalue weighted by atomic mass is 9.73. The SMILES string of the molecule is CC1(C(=O)N2C3CCC2CC(CC(=O)O)C3)CCCCC1. The molecular formula is C17H27NO3.